The summed E-state index contributed by atoms with van der Waals surface area (Å²) < 4.78 is 5.42. The second-order valence-corrected chi connectivity index (χ2v) is 5.62. The predicted molar refractivity (Wildman–Crippen MR) is 86.4 cm³/mol. The van der Waals surface area contributed by atoms with E-state index in [2.05, 4.69) is 17.6 Å². The largest absolute Gasteiger partial charge is 0.389 e. The van der Waals surface area contributed by atoms with Gasteiger partial charge in [-0.05, 0) is 19.8 Å². The molecule has 0 fully saturated rings. The molecular formula is C16H34N2O3. The summed E-state index contributed by atoms with van der Waals surface area (Å²) in [4.78, 5) is 11.5. The Hall–Kier alpha value is -0.650. The Bertz CT molecular complexity index is 250. The van der Waals surface area contributed by atoms with Gasteiger partial charge in [0.15, 0.2) is 0 Å². The first-order chi connectivity index (χ1) is 10.1. The lowest BCUT2D eigenvalue weighted by Crippen LogP contribution is -2.36. The third kappa shape index (κ3) is 14.1. The Morgan fingerprint density at radius 2 is 2.00 bits per heavy atom. The molecule has 21 heavy (non-hydrogen) atoms. The van der Waals surface area contributed by atoms with Crippen LogP contribution >= 0.6 is 0 Å². The van der Waals surface area contributed by atoms with Gasteiger partial charge < -0.3 is 20.5 Å². The minimum Gasteiger partial charge on any atom is -0.389 e. The molecule has 0 heterocycles. The molecule has 126 valence electrons. The molecule has 5 heteroatoms. The van der Waals surface area contributed by atoms with Crippen LogP contribution in [0, 0.1) is 0 Å². The van der Waals surface area contributed by atoms with E-state index in [-0.39, 0.29) is 11.9 Å². The predicted octanol–water partition coefficient (Wildman–Crippen LogP) is 1.84. The van der Waals surface area contributed by atoms with Crippen LogP contribution in [0.3, 0.4) is 0 Å². The maximum atomic E-state index is 11.5. The summed E-state index contributed by atoms with van der Waals surface area (Å²) in [6.07, 6.45) is 5.58. The van der Waals surface area contributed by atoms with Gasteiger partial charge in [0.2, 0.25) is 5.91 Å². The Morgan fingerprint density at radius 1 is 1.24 bits per heavy atom. The minimum absolute atomic E-state index is 0.0542. The molecule has 0 aromatic rings. The number of aliphatic hydroxyl groups excluding tert-OH is 1. The van der Waals surface area contributed by atoms with Gasteiger partial charge in [-0.1, -0.05) is 33.1 Å². The van der Waals surface area contributed by atoms with Crippen LogP contribution in [0.15, 0.2) is 0 Å². The third-order valence-electron chi connectivity index (χ3n) is 3.38. The van der Waals surface area contributed by atoms with Gasteiger partial charge in [-0.3, -0.25) is 4.79 Å². The summed E-state index contributed by atoms with van der Waals surface area (Å²) in [7, 11) is 0. The summed E-state index contributed by atoms with van der Waals surface area (Å²) >= 11 is 0. The average Bonchev–Trinajstić information content (AvgIpc) is 2.47. The number of rotatable bonds is 14. The number of unbranched alkanes of at least 4 members (excludes halogenated alkanes) is 3. The van der Waals surface area contributed by atoms with Crippen LogP contribution < -0.4 is 10.6 Å². The maximum Gasteiger partial charge on any atom is 0.221 e. The third-order valence-corrected chi connectivity index (χ3v) is 3.38. The Kier molecular flexibility index (Phi) is 13.9. The first kappa shape index (κ1) is 20.3. The molecule has 0 saturated carbocycles. The normalized spacial score (nSPS) is 13.9. The first-order valence-electron chi connectivity index (χ1n) is 8.36. The second-order valence-electron chi connectivity index (χ2n) is 5.62. The molecule has 2 atom stereocenters. The highest BCUT2D eigenvalue weighted by atomic mass is 16.5. The van der Waals surface area contributed by atoms with Crippen molar-refractivity contribution in [3.63, 3.8) is 0 Å². The van der Waals surface area contributed by atoms with Gasteiger partial charge in [-0.15, -0.1) is 0 Å². The SMILES string of the molecule is CCCCCCOCC(O)CNCCC(=O)NC(C)CC. The van der Waals surface area contributed by atoms with E-state index >= 15 is 0 Å². The van der Waals surface area contributed by atoms with Gasteiger partial charge in [0.05, 0.1) is 12.7 Å². The standard InChI is InChI=1S/C16H34N2O3/c1-4-6-7-8-11-21-13-15(19)12-17-10-9-16(20)18-14(3)5-2/h14-15,17,19H,4-13H2,1-3H3,(H,18,20). The topological polar surface area (TPSA) is 70.6 Å². The Morgan fingerprint density at radius 3 is 2.67 bits per heavy atom. The van der Waals surface area contributed by atoms with E-state index in [0.29, 0.717) is 32.7 Å². The Labute approximate surface area is 129 Å². The summed E-state index contributed by atoms with van der Waals surface area (Å²) in [5.74, 6) is 0.0542. The van der Waals surface area contributed by atoms with Crippen molar-refractivity contribution in [2.45, 2.75) is 71.4 Å². The number of hydrogen-bond donors (Lipinski definition) is 3. The van der Waals surface area contributed by atoms with Crippen molar-refractivity contribution in [3.8, 4) is 0 Å². The molecule has 1 amide bonds. The fourth-order valence-corrected chi connectivity index (χ4v) is 1.83. The molecule has 3 N–H and O–H groups in total. The van der Waals surface area contributed by atoms with Crippen molar-refractivity contribution in [1.82, 2.24) is 10.6 Å². The van der Waals surface area contributed by atoms with Crippen LogP contribution in [-0.2, 0) is 9.53 Å². The van der Waals surface area contributed by atoms with Crippen molar-refractivity contribution in [3.05, 3.63) is 0 Å². The van der Waals surface area contributed by atoms with Gasteiger partial charge in [0.25, 0.3) is 0 Å². The quantitative estimate of drug-likeness (QED) is 0.428. The van der Waals surface area contributed by atoms with Crippen molar-refractivity contribution >= 4 is 5.91 Å². The lowest BCUT2D eigenvalue weighted by atomic mass is 10.2. The molecule has 0 spiro atoms. The van der Waals surface area contributed by atoms with Crippen molar-refractivity contribution in [2.75, 3.05) is 26.3 Å². The molecule has 0 bridgehead atoms. The minimum atomic E-state index is -0.506. The van der Waals surface area contributed by atoms with E-state index in [0.717, 1.165) is 12.8 Å². The molecule has 0 aliphatic heterocycles. The zero-order valence-corrected chi connectivity index (χ0v) is 14.0. The number of carbonyl (C=O) groups excluding carboxylic acids is 1. The molecule has 0 aliphatic rings. The molecule has 0 aromatic carbocycles. The summed E-state index contributed by atoms with van der Waals surface area (Å²) in [6, 6.07) is 0.226. The zero-order chi connectivity index (χ0) is 15.9. The van der Waals surface area contributed by atoms with Gasteiger partial charge in [-0.25, -0.2) is 0 Å². The van der Waals surface area contributed by atoms with Crippen LogP contribution in [0.1, 0.15) is 59.3 Å². The van der Waals surface area contributed by atoms with Crippen LogP contribution in [-0.4, -0.2) is 49.5 Å². The maximum absolute atomic E-state index is 11.5. The molecule has 0 rings (SSSR count). The fourth-order valence-electron chi connectivity index (χ4n) is 1.83. The lowest BCUT2D eigenvalue weighted by Gasteiger charge is -2.13. The van der Waals surface area contributed by atoms with Crippen molar-refractivity contribution < 1.29 is 14.6 Å². The summed E-state index contributed by atoms with van der Waals surface area (Å²) in [5, 5.41) is 15.7. The molecule has 0 radical (unpaired) electrons. The molecule has 0 saturated heterocycles. The molecular weight excluding hydrogens is 268 g/mol. The second kappa shape index (κ2) is 14.3. The Balaban J connectivity index is 3.37. The van der Waals surface area contributed by atoms with Crippen LogP contribution in [0.25, 0.3) is 0 Å². The molecule has 2 unspecified atom stereocenters. The van der Waals surface area contributed by atoms with Crippen LogP contribution in [0.5, 0.6) is 0 Å². The monoisotopic (exact) mass is 302 g/mol. The smallest absolute Gasteiger partial charge is 0.221 e. The number of ether oxygens (including phenoxy) is 1. The highest BCUT2D eigenvalue weighted by Crippen LogP contribution is 1.99. The van der Waals surface area contributed by atoms with E-state index in [4.69, 9.17) is 4.74 Å². The number of carbonyl (C=O) groups is 1. The van der Waals surface area contributed by atoms with Crippen molar-refractivity contribution in [2.24, 2.45) is 0 Å². The van der Waals surface area contributed by atoms with Gasteiger partial charge in [-0.2, -0.15) is 0 Å². The van der Waals surface area contributed by atoms with Gasteiger partial charge in [0.1, 0.15) is 0 Å². The van der Waals surface area contributed by atoms with Crippen LogP contribution in [0.4, 0.5) is 0 Å². The van der Waals surface area contributed by atoms with E-state index in [9.17, 15) is 9.90 Å². The van der Waals surface area contributed by atoms with Crippen molar-refractivity contribution in [1.29, 1.82) is 0 Å². The van der Waals surface area contributed by atoms with E-state index in [1.54, 1.807) is 0 Å². The summed E-state index contributed by atoms with van der Waals surface area (Å²) in [5.41, 5.74) is 0. The molecule has 0 aromatic heterocycles. The van der Waals surface area contributed by atoms with Gasteiger partial charge >= 0.3 is 0 Å². The zero-order valence-electron chi connectivity index (χ0n) is 14.0. The van der Waals surface area contributed by atoms with E-state index < -0.39 is 6.10 Å². The highest BCUT2D eigenvalue weighted by molar-refractivity contribution is 5.76. The first-order valence-corrected chi connectivity index (χ1v) is 8.36. The number of aliphatic hydroxyl groups is 1. The van der Waals surface area contributed by atoms with Crippen LogP contribution in [0.2, 0.25) is 0 Å². The molecule has 0 aliphatic carbocycles. The molecule has 5 nitrogen and oxygen atoms in total. The number of amides is 1. The fraction of sp³-hybridized carbons (Fsp3) is 0.938. The average molecular weight is 302 g/mol. The van der Waals surface area contributed by atoms with Gasteiger partial charge in [0, 0.05) is 32.2 Å². The number of hydrogen-bond acceptors (Lipinski definition) is 4. The lowest BCUT2D eigenvalue weighted by molar-refractivity contribution is -0.121. The van der Waals surface area contributed by atoms with E-state index in [1.807, 2.05) is 13.8 Å². The van der Waals surface area contributed by atoms with E-state index in [1.165, 1.54) is 19.3 Å². The number of nitrogens with one attached hydrogen (secondary N) is 2. The summed E-state index contributed by atoms with van der Waals surface area (Å²) in [6.45, 7) is 8.34. The highest BCUT2D eigenvalue weighted by Gasteiger charge is 2.06.